The van der Waals surface area contributed by atoms with E-state index in [-0.39, 0.29) is 30.0 Å². The maximum atomic E-state index is 13.2. The molecule has 0 radical (unpaired) electrons. The summed E-state index contributed by atoms with van der Waals surface area (Å²) in [6.07, 6.45) is 0.780. The number of amides is 1. The van der Waals surface area contributed by atoms with Crippen LogP contribution in [0.15, 0.2) is 65.5 Å². The lowest BCUT2D eigenvalue weighted by atomic mass is 10.0. The number of carbonyl (C=O) groups excluding carboxylic acids is 1. The third kappa shape index (κ3) is 4.61. The van der Waals surface area contributed by atoms with Crippen LogP contribution in [-0.2, 0) is 11.2 Å². The monoisotopic (exact) mass is 405 g/mol. The molecule has 3 aromatic rings. The number of rotatable bonds is 6. The highest BCUT2D eigenvalue weighted by Gasteiger charge is 2.28. The first-order valence-electron chi connectivity index (χ1n) is 10.3. The number of nitrogens with one attached hydrogen (secondary N) is 1. The van der Waals surface area contributed by atoms with Crippen molar-refractivity contribution in [3.8, 4) is 0 Å². The molecule has 1 aliphatic rings. The predicted molar refractivity (Wildman–Crippen MR) is 117 cm³/mol. The summed E-state index contributed by atoms with van der Waals surface area (Å²) in [5, 5.41) is 10.8. The molecular formula is C24H27N3O3. The number of carbonyl (C=O) groups is 1. The lowest BCUT2D eigenvalue weighted by Gasteiger charge is -2.32. The van der Waals surface area contributed by atoms with Gasteiger partial charge in [-0.25, -0.2) is 0 Å². The quantitative estimate of drug-likeness (QED) is 0.660. The van der Waals surface area contributed by atoms with Crippen molar-refractivity contribution < 1.29 is 9.90 Å². The highest BCUT2D eigenvalue weighted by atomic mass is 16.3. The van der Waals surface area contributed by atoms with Gasteiger partial charge in [-0.1, -0.05) is 36.4 Å². The van der Waals surface area contributed by atoms with Crippen LogP contribution >= 0.6 is 0 Å². The minimum atomic E-state index is -0.286. The number of benzene rings is 2. The van der Waals surface area contributed by atoms with E-state index in [1.54, 1.807) is 6.07 Å². The number of aliphatic hydroxyl groups excluding tert-OH is 1. The second-order valence-electron chi connectivity index (χ2n) is 8.05. The molecule has 2 N–H and O–H groups in total. The summed E-state index contributed by atoms with van der Waals surface area (Å²) in [5.41, 5.74) is 2.63. The molecule has 156 valence electrons. The third-order valence-electron chi connectivity index (χ3n) is 5.87. The lowest BCUT2D eigenvalue weighted by Crippen LogP contribution is -2.39. The third-order valence-corrected chi connectivity index (χ3v) is 5.87. The highest BCUT2D eigenvalue weighted by Crippen LogP contribution is 2.24. The number of likely N-dealkylation sites (N-methyl/N-ethyl adjacent to an activating group) is 1. The summed E-state index contributed by atoms with van der Waals surface area (Å²) in [5.74, 6) is 0.0346. The Bertz CT molecular complexity index is 1080. The summed E-state index contributed by atoms with van der Waals surface area (Å²) in [6.45, 7) is 2.19. The highest BCUT2D eigenvalue weighted by molar-refractivity contribution is 5.83. The van der Waals surface area contributed by atoms with Gasteiger partial charge in [0.25, 0.3) is 0 Å². The lowest BCUT2D eigenvalue weighted by molar-refractivity contribution is -0.131. The second kappa shape index (κ2) is 8.81. The Morgan fingerprint density at radius 3 is 2.73 bits per heavy atom. The Labute approximate surface area is 175 Å². The molecule has 0 spiro atoms. The van der Waals surface area contributed by atoms with E-state index in [9.17, 15) is 14.7 Å². The van der Waals surface area contributed by atoms with Gasteiger partial charge in [-0.05, 0) is 41.1 Å². The zero-order valence-corrected chi connectivity index (χ0v) is 17.1. The van der Waals surface area contributed by atoms with Crippen LogP contribution in [0.25, 0.3) is 10.9 Å². The zero-order chi connectivity index (χ0) is 21.1. The number of fused-ring (bicyclic) bond motifs is 1. The van der Waals surface area contributed by atoms with Crippen molar-refractivity contribution in [1.29, 1.82) is 0 Å². The number of β-amino-alcohol motifs (C(OH)–C–C–N with tert-alkyl or cyclic N) is 1. The molecule has 1 amide bonds. The standard InChI is InChI=1S/C24H27N3O3/c1-26(22(18-5-3-2-4-6-18)16-27-12-11-20(28)15-27)24(30)14-17-7-9-21-19(13-17)8-10-23(29)25-21/h2-10,13,20,22,28H,11-12,14-16H2,1H3,(H,25,29)/t20-,22+/m0/s1. The Hall–Kier alpha value is -2.96. The number of hydrogen-bond acceptors (Lipinski definition) is 4. The van der Waals surface area contributed by atoms with Gasteiger partial charge in [-0.2, -0.15) is 0 Å². The van der Waals surface area contributed by atoms with Crippen molar-refractivity contribution in [2.45, 2.75) is 25.0 Å². The van der Waals surface area contributed by atoms with Crippen molar-refractivity contribution in [2.24, 2.45) is 0 Å². The van der Waals surface area contributed by atoms with Crippen LogP contribution < -0.4 is 5.56 Å². The van der Waals surface area contributed by atoms with Gasteiger partial charge < -0.3 is 15.0 Å². The summed E-state index contributed by atoms with van der Waals surface area (Å²) in [4.78, 5) is 31.5. The van der Waals surface area contributed by atoms with E-state index in [0.717, 1.165) is 35.0 Å². The van der Waals surface area contributed by atoms with E-state index in [0.29, 0.717) is 13.1 Å². The Balaban J connectivity index is 1.53. The predicted octanol–water partition coefficient (Wildman–Crippen LogP) is 2.34. The number of nitrogens with zero attached hydrogens (tertiary/aromatic N) is 2. The first kappa shape index (κ1) is 20.3. The molecule has 2 aromatic carbocycles. The maximum Gasteiger partial charge on any atom is 0.248 e. The number of likely N-dealkylation sites (tertiary alicyclic amines) is 1. The zero-order valence-electron chi connectivity index (χ0n) is 17.1. The first-order valence-corrected chi connectivity index (χ1v) is 10.3. The molecule has 1 aliphatic heterocycles. The molecule has 4 rings (SSSR count). The number of H-pyrrole nitrogens is 1. The van der Waals surface area contributed by atoms with Crippen LogP contribution in [0.1, 0.15) is 23.6 Å². The fourth-order valence-electron chi connectivity index (χ4n) is 4.14. The van der Waals surface area contributed by atoms with Gasteiger partial charge in [0.05, 0.1) is 18.6 Å². The van der Waals surface area contributed by atoms with E-state index in [4.69, 9.17) is 0 Å². The fraction of sp³-hybridized carbons (Fsp3) is 0.333. The average Bonchev–Trinajstić information content (AvgIpc) is 3.17. The second-order valence-corrected chi connectivity index (χ2v) is 8.05. The van der Waals surface area contributed by atoms with Crippen LogP contribution in [-0.4, -0.2) is 58.6 Å². The van der Waals surface area contributed by atoms with Gasteiger partial charge in [0.15, 0.2) is 0 Å². The maximum absolute atomic E-state index is 13.2. The Morgan fingerprint density at radius 1 is 1.20 bits per heavy atom. The SMILES string of the molecule is CN(C(=O)Cc1ccc2[nH]c(=O)ccc2c1)[C@H](CN1CC[C@H](O)C1)c1ccccc1. The van der Waals surface area contributed by atoms with Crippen molar-refractivity contribution in [2.75, 3.05) is 26.7 Å². The molecule has 0 unspecified atom stereocenters. The normalized spacial score (nSPS) is 17.9. The van der Waals surface area contributed by atoms with E-state index in [1.165, 1.54) is 6.07 Å². The summed E-state index contributed by atoms with van der Waals surface area (Å²) >= 11 is 0. The molecule has 1 fully saturated rings. The van der Waals surface area contributed by atoms with Crippen molar-refractivity contribution in [3.05, 3.63) is 82.1 Å². The minimum absolute atomic E-state index is 0.0346. The van der Waals surface area contributed by atoms with E-state index in [1.807, 2.05) is 60.5 Å². The van der Waals surface area contributed by atoms with Crippen molar-refractivity contribution in [1.82, 2.24) is 14.8 Å². The Morgan fingerprint density at radius 2 is 2.00 bits per heavy atom. The first-order chi connectivity index (χ1) is 14.5. The molecule has 0 bridgehead atoms. The fourth-order valence-corrected chi connectivity index (χ4v) is 4.14. The van der Waals surface area contributed by atoms with Crippen LogP contribution in [0, 0.1) is 0 Å². The van der Waals surface area contributed by atoms with Crippen molar-refractivity contribution >= 4 is 16.8 Å². The molecule has 6 nitrogen and oxygen atoms in total. The molecule has 2 heterocycles. The summed E-state index contributed by atoms with van der Waals surface area (Å²) in [7, 11) is 1.85. The number of aromatic amines is 1. The smallest absolute Gasteiger partial charge is 0.248 e. The van der Waals surface area contributed by atoms with Gasteiger partial charge in [-0.3, -0.25) is 14.5 Å². The van der Waals surface area contributed by atoms with E-state index < -0.39 is 0 Å². The summed E-state index contributed by atoms with van der Waals surface area (Å²) < 4.78 is 0. The number of aromatic nitrogens is 1. The molecule has 0 saturated carbocycles. The van der Waals surface area contributed by atoms with Gasteiger partial charge in [0, 0.05) is 38.3 Å². The van der Waals surface area contributed by atoms with Gasteiger partial charge >= 0.3 is 0 Å². The molecule has 6 heteroatoms. The van der Waals surface area contributed by atoms with Gasteiger partial charge in [0.2, 0.25) is 11.5 Å². The Kier molecular flexibility index (Phi) is 5.97. The number of aliphatic hydroxyl groups is 1. The van der Waals surface area contributed by atoms with Crippen molar-refractivity contribution in [3.63, 3.8) is 0 Å². The van der Waals surface area contributed by atoms with Gasteiger partial charge in [-0.15, -0.1) is 0 Å². The van der Waals surface area contributed by atoms with Crippen LogP contribution in [0.4, 0.5) is 0 Å². The average molecular weight is 405 g/mol. The molecule has 1 saturated heterocycles. The molecule has 2 atom stereocenters. The minimum Gasteiger partial charge on any atom is -0.392 e. The van der Waals surface area contributed by atoms with Crippen LogP contribution in [0.2, 0.25) is 0 Å². The number of pyridine rings is 1. The largest absolute Gasteiger partial charge is 0.392 e. The summed E-state index contributed by atoms with van der Waals surface area (Å²) in [6, 6.07) is 18.9. The molecule has 30 heavy (non-hydrogen) atoms. The molecule has 1 aromatic heterocycles. The van der Waals surface area contributed by atoms with E-state index >= 15 is 0 Å². The topological polar surface area (TPSA) is 76.6 Å². The number of hydrogen-bond donors (Lipinski definition) is 2. The molecular weight excluding hydrogens is 378 g/mol. The molecule has 0 aliphatic carbocycles. The van der Waals surface area contributed by atoms with Crippen LogP contribution in [0.3, 0.4) is 0 Å². The van der Waals surface area contributed by atoms with E-state index in [2.05, 4.69) is 9.88 Å². The van der Waals surface area contributed by atoms with Crippen LogP contribution in [0.5, 0.6) is 0 Å². The van der Waals surface area contributed by atoms with Gasteiger partial charge in [0.1, 0.15) is 0 Å².